The summed E-state index contributed by atoms with van der Waals surface area (Å²) in [5.74, 6) is -0.481. The second-order valence-corrected chi connectivity index (χ2v) is 5.67. The molecular weight excluding hydrogens is 296 g/mol. The van der Waals surface area contributed by atoms with Crippen molar-refractivity contribution >= 4 is 22.9 Å². The van der Waals surface area contributed by atoms with Crippen molar-refractivity contribution in [1.82, 2.24) is 19.9 Å². The van der Waals surface area contributed by atoms with Gasteiger partial charge >= 0.3 is 5.97 Å². The minimum atomic E-state index is -0.222. The van der Waals surface area contributed by atoms with Gasteiger partial charge in [-0.15, -0.1) is 5.10 Å². The van der Waals surface area contributed by atoms with Crippen LogP contribution in [0, 0.1) is 5.92 Å². The van der Waals surface area contributed by atoms with Gasteiger partial charge in [0.15, 0.2) is 0 Å². The number of amides is 1. The maximum Gasteiger partial charge on any atom is 0.310 e. The molecule has 7 nitrogen and oxygen atoms in total. The van der Waals surface area contributed by atoms with E-state index in [2.05, 4.69) is 10.3 Å². The number of carbonyl (C=O) groups is 2. The van der Waals surface area contributed by atoms with Crippen LogP contribution in [-0.4, -0.2) is 51.5 Å². The molecule has 1 unspecified atom stereocenters. The molecular formula is C16H20N4O3. The predicted octanol–water partition coefficient (Wildman–Crippen LogP) is 1.23. The molecule has 1 aromatic heterocycles. The fourth-order valence-electron chi connectivity index (χ4n) is 2.92. The van der Waals surface area contributed by atoms with Crippen LogP contribution in [0.4, 0.5) is 0 Å². The van der Waals surface area contributed by atoms with Crippen LogP contribution in [0.2, 0.25) is 0 Å². The Bertz CT molecular complexity index is 712. The zero-order valence-electron chi connectivity index (χ0n) is 13.1. The molecule has 1 aliphatic heterocycles. The number of hydrogen-bond acceptors (Lipinski definition) is 5. The third-order valence-corrected chi connectivity index (χ3v) is 4.10. The summed E-state index contributed by atoms with van der Waals surface area (Å²) in [6.45, 7) is 3.38. The quantitative estimate of drug-likeness (QED) is 0.793. The lowest BCUT2D eigenvalue weighted by Gasteiger charge is -2.31. The number of likely N-dealkylation sites (tertiary alicyclic amines) is 1. The summed E-state index contributed by atoms with van der Waals surface area (Å²) in [6.07, 6.45) is 1.59. The first-order chi connectivity index (χ1) is 11.2. The lowest BCUT2D eigenvalue weighted by atomic mass is 9.98. The Morgan fingerprint density at radius 1 is 1.35 bits per heavy atom. The number of fused-ring (bicyclic) bond motifs is 1. The van der Waals surface area contributed by atoms with E-state index in [9.17, 15) is 9.59 Å². The summed E-state index contributed by atoms with van der Waals surface area (Å²) >= 11 is 0. The van der Waals surface area contributed by atoms with Gasteiger partial charge in [-0.2, -0.15) is 0 Å². The summed E-state index contributed by atoms with van der Waals surface area (Å²) in [5.41, 5.74) is 1.60. The van der Waals surface area contributed by atoms with Crippen molar-refractivity contribution in [2.75, 3.05) is 19.7 Å². The zero-order chi connectivity index (χ0) is 16.2. The molecule has 2 aromatic rings. The Hall–Kier alpha value is -2.44. The molecule has 1 fully saturated rings. The van der Waals surface area contributed by atoms with Crippen LogP contribution in [0.3, 0.4) is 0 Å². The first-order valence-electron chi connectivity index (χ1n) is 7.91. The molecule has 0 N–H and O–H groups in total. The van der Waals surface area contributed by atoms with Gasteiger partial charge in [-0.1, -0.05) is 17.3 Å². The molecule has 3 rings (SSSR count). The molecule has 23 heavy (non-hydrogen) atoms. The summed E-state index contributed by atoms with van der Waals surface area (Å²) < 4.78 is 6.67. The number of para-hydroxylation sites is 1. The first kappa shape index (κ1) is 15.5. The molecule has 0 saturated carbocycles. The number of esters is 1. The van der Waals surface area contributed by atoms with Crippen molar-refractivity contribution in [2.24, 2.45) is 5.92 Å². The highest BCUT2D eigenvalue weighted by atomic mass is 16.5. The average Bonchev–Trinajstić information content (AvgIpc) is 2.98. The van der Waals surface area contributed by atoms with Crippen molar-refractivity contribution in [1.29, 1.82) is 0 Å². The van der Waals surface area contributed by atoms with Crippen molar-refractivity contribution < 1.29 is 14.3 Å². The van der Waals surface area contributed by atoms with Crippen LogP contribution in [0.25, 0.3) is 11.0 Å². The van der Waals surface area contributed by atoms with Gasteiger partial charge in [0.05, 0.1) is 18.0 Å². The molecule has 0 radical (unpaired) electrons. The summed E-state index contributed by atoms with van der Waals surface area (Å²) in [5, 5.41) is 8.09. The van der Waals surface area contributed by atoms with Crippen LogP contribution in [0.5, 0.6) is 0 Å². The fraction of sp³-hybridized carbons (Fsp3) is 0.500. The fourth-order valence-corrected chi connectivity index (χ4v) is 2.92. The van der Waals surface area contributed by atoms with Gasteiger partial charge in [0.25, 0.3) is 0 Å². The Kier molecular flexibility index (Phi) is 4.55. The first-order valence-corrected chi connectivity index (χ1v) is 7.91. The lowest BCUT2D eigenvalue weighted by molar-refractivity contribution is -0.151. The van der Waals surface area contributed by atoms with E-state index in [0.717, 1.165) is 23.9 Å². The second kappa shape index (κ2) is 6.76. The molecule has 1 saturated heterocycles. The Balaban J connectivity index is 1.67. The number of rotatable bonds is 4. The summed E-state index contributed by atoms with van der Waals surface area (Å²) in [7, 11) is 0. The highest BCUT2D eigenvalue weighted by Gasteiger charge is 2.29. The number of aromatic nitrogens is 3. The third kappa shape index (κ3) is 3.33. The van der Waals surface area contributed by atoms with Gasteiger partial charge in [-0.05, 0) is 31.9 Å². The van der Waals surface area contributed by atoms with E-state index < -0.39 is 0 Å². The van der Waals surface area contributed by atoms with E-state index in [-0.39, 0.29) is 24.3 Å². The van der Waals surface area contributed by atoms with Crippen LogP contribution in [0.1, 0.15) is 19.8 Å². The molecule has 2 heterocycles. The standard InChI is InChI=1S/C16H20N4O3/c1-2-23-16(22)12-6-5-9-19(10-12)15(21)11-20-14-8-4-3-7-13(14)17-18-20/h3-4,7-8,12H,2,5-6,9-11H2,1H3. The molecule has 1 amide bonds. The van der Waals surface area contributed by atoms with Crippen molar-refractivity contribution in [3.05, 3.63) is 24.3 Å². The molecule has 122 valence electrons. The molecule has 0 spiro atoms. The summed E-state index contributed by atoms with van der Waals surface area (Å²) in [4.78, 5) is 26.1. The predicted molar refractivity (Wildman–Crippen MR) is 83.5 cm³/mol. The molecule has 7 heteroatoms. The van der Waals surface area contributed by atoms with Gasteiger partial charge < -0.3 is 9.64 Å². The van der Waals surface area contributed by atoms with Crippen LogP contribution in [0.15, 0.2) is 24.3 Å². The Morgan fingerprint density at radius 3 is 3.00 bits per heavy atom. The van der Waals surface area contributed by atoms with Gasteiger partial charge in [0.2, 0.25) is 5.91 Å². The number of hydrogen-bond donors (Lipinski definition) is 0. The van der Waals surface area contributed by atoms with E-state index in [1.807, 2.05) is 24.3 Å². The van der Waals surface area contributed by atoms with Crippen molar-refractivity contribution in [3.8, 4) is 0 Å². The van der Waals surface area contributed by atoms with E-state index >= 15 is 0 Å². The normalized spacial score (nSPS) is 18.1. The van der Waals surface area contributed by atoms with Crippen LogP contribution >= 0.6 is 0 Å². The SMILES string of the molecule is CCOC(=O)C1CCCN(C(=O)Cn2nnc3ccccc32)C1. The Morgan fingerprint density at radius 2 is 2.17 bits per heavy atom. The van der Waals surface area contributed by atoms with Gasteiger partial charge in [0, 0.05) is 13.1 Å². The van der Waals surface area contributed by atoms with Crippen LogP contribution in [-0.2, 0) is 20.9 Å². The van der Waals surface area contributed by atoms with Crippen molar-refractivity contribution in [2.45, 2.75) is 26.3 Å². The number of nitrogens with zero attached hydrogens (tertiary/aromatic N) is 4. The molecule has 0 aliphatic carbocycles. The van der Waals surface area contributed by atoms with E-state index in [1.165, 1.54) is 0 Å². The van der Waals surface area contributed by atoms with Gasteiger partial charge in [-0.25, -0.2) is 4.68 Å². The number of carbonyl (C=O) groups excluding carboxylic acids is 2. The monoisotopic (exact) mass is 316 g/mol. The average molecular weight is 316 g/mol. The Labute approximate surface area is 134 Å². The topological polar surface area (TPSA) is 77.3 Å². The van der Waals surface area contributed by atoms with Gasteiger partial charge in [-0.3, -0.25) is 9.59 Å². The molecule has 1 atom stereocenters. The molecule has 0 bridgehead atoms. The van der Waals surface area contributed by atoms with E-state index in [0.29, 0.717) is 19.7 Å². The third-order valence-electron chi connectivity index (χ3n) is 4.10. The smallest absolute Gasteiger partial charge is 0.310 e. The molecule has 1 aromatic carbocycles. The second-order valence-electron chi connectivity index (χ2n) is 5.67. The van der Waals surface area contributed by atoms with Crippen LogP contribution < -0.4 is 0 Å². The van der Waals surface area contributed by atoms with E-state index in [4.69, 9.17) is 4.74 Å². The maximum atomic E-state index is 12.5. The van der Waals surface area contributed by atoms with Gasteiger partial charge in [0.1, 0.15) is 12.1 Å². The summed E-state index contributed by atoms with van der Waals surface area (Å²) in [6, 6.07) is 7.53. The zero-order valence-corrected chi connectivity index (χ0v) is 13.1. The van der Waals surface area contributed by atoms with E-state index in [1.54, 1.807) is 16.5 Å². The largest absolute Gasteiger partial charge is 0.466 e. The minimum absolute atomic E-state index is 0.0466. The maximum absolute atomic E-state index is 12.5. The molecule has 1 aliphatic rings. The number of ether oxygens (including phenoxy) is 1. The number of piperidine rings is 1. The highest BCUT2D eigenvalue weighted by Crippen LogP contribution is 2.19. The highest BCUT2D eigenvalue weighted by molar-refractivity contribution is 5.81. The van der Waals surface area contributed by atoms with Crippen molar-refractivity contribution in [3.63, 3.8) is 0 Å². The minimum Gasteiger partial charge on any atom is -0.466 e. The lowest BCUT2D eigenvalue weighted by Crippen LogP contribution is -2.44. The number of benzene rings is 1.